The van der Waals surface area contributed by atoms with Crippen molar-refractivity contribution < 1.29 is 0 Å². The second-order valence-electron chi connectivity index (χ2n) is 7.33. The van der Waals surface area contributed by atoms with Gasteiger partial charge in [0.25, 0.3) is 0 Å². The molecule has 0 unspecified atom stereocenters. The molecule has 1 radical (unpaired) electrons. The predicted molar refractivity (Wildman–Crippen MR) is 107 cm³/mol. The largest absolute Gasteiger partial charge is 0.191 e. The van der Waals surface area contributed by atoms with Gasteiger partial charge in [0.05, 0.1) is 0 Å². The van der Waals surface area contributed by atoms with Gasteiger partial charge in [-0.3, -0.25) is 0 Å². The van der Waals surface area contributed by atoms with Crippen molar-refractivity contribution in [3.8, 4) is 0 Å². The van der Waals surface area contributed by atoms with Crippen molar-refractivity contribution in [3.05, 3.63) is 60.2 Å². The monoisotopic (exact) mass is 317 g/mol. The minimum absolute atomic E-state index is 0.757. The van der Waals surface area contributed by atoms with Crippen LogP contribution < -0.4 is 10.9 Å². The van der Waals surface area contributed by atoms with E-state index in [2.05, 4.69) is 61.9 Å². The van der Waals surface area contributed by atoms with Gasteiger partial charge in [0, 0.05) is 0 Å². The molecule has 1 aliphatic carbocycles. The van der Waals surface area contributed by atoms with Gasteiger partial charge < -0.3 is 0 Å². The Kier molecular flexibility index (Phi) is 7.02. The molecule has 1 fully saturated rings. The van der Waals surface area contributed by atoms with Crippen molar-refractivity contribution in [1.82, 2.24) is 0 Å². The standard InChI is InChI=1S/C23H30B/c1-2-4-6-9-14-20(13-8-5-3-1)21-15-12-18-23(19-21)24-22-16-10-7-11-17-22/h7,10-12,15-20H,1-6,8-9,13-14H2. The van der Waals surface area contributed by atoms with Crippen LogP contribution in [-0.2, 0) is 0 Å². The Morgan fingerprint density at radius 2 is 1.17 bits per heavy atom. The fourth-order valence-electron chi connectivity index (χ4n) is 3.96. The minimum Gasteiger partial charge on any atom is -0.0814 e. The average molecular weight is 317 g/mol. The first-order valence-electron chi connectivity index (χ1n) is 9.91. The first kappa shape index (κ1) is 17.3. The van der Waals surface area contributed by atoms with Crippen LogP contribution in [0.3, 0.4) is 0 Å². The van der Waals surface area contributed by atoms with Crippen molar-refractivity contribution in [2.24, 2.45) is 0 Å². The Morgan fingerprint density at radius 1 is 0.583 bits per heavy atom. The Morgan fingerprint density at radius 3 is 1.83 bits per heavy atom. The molecule has 0 atom stereocenters. The third-order valence-corrected chi connectivity index (χ3v) is 5.37. The number of hydrogen-bond acceptors (Lipinski definition) is 0. The fourth-order valence-corrected chi connectivity index (χ4v) is 3.96. The van der Waals surface area contributed by atoms with Gasteiger partial charge in [0.15, 0.2) is 7.28 Å². The zero-order valence-electron chi connectivity index (χ0n) is 14.9. The van der Waals surface area contributed by atoms with Gasteiger partial charge in [-0.15, -0.1) is 0 Å². The number of benzene rings is 2. The van der Waals surface area contributed by atoms with E-state index in [1.807, 2.05) is 0 Å². The molecule has 125 valence electrons. The first-order valence-corrected chi connectivity index (χ1v) is 9.91. The van der Waals surface area contributed by atoms with E-state index < -0.39 is 0 Å². The van der Waals surface area contributed by atoms with Gasteiger partial charge >= 0.3 is 0 Å². The van der Waals surface area contributed by atoms with Crippen LogP contribution in [0.4, 0.5) is 0 Å². The van der Waals surface area contributed by atoms with Crippen LogP contribution in [0.15, 0.2) is 54.6 Å². The lowest BCUT2D eigenvalue weighted by Crippen LogP contribution is -2.27. The summed E-state index contributed by atoms with van der Waals surface area (Å²) in [4.78, 5) is 0. The summed E-state index contributed by atoms with van der Waals surface area (Å²) in [5.74, 6) is 0.757. The zero-order valence-corrected chi connectivity index (χ0v) is 14.9. The Bertz CT molecular complexity index is 578. The lowest BCUT2D eigenvalue weighted by molar-refractivity contribution is 0.514. The van der Waals surface area contributed by atoms with Crippen molar-refractivity contribution in [1.29, 1.82) is 0 Å². The van der Waals surface area contributed by atoms with E-state index in [1.165, 1.54) is 75.1 Å². The van der Waals surface area contributed by atoms with E-state index in [0.717, 1.165) is 5.92 Å². The Labute approximate surface area is 148 Å². The van der Waals surface area contributed by atoms with Crippen molar-refractivity contribution in [3.63, 3.8) is 0 Å². The molecule has 24 heavy (non-hydrogen) atoms. The van der Waals surface area contributed by atoms with Crippen LogP contribution in [-0.4, -0.2) is 7.28 Å². The molecule has 0 aromatic heterocycles. The zero-order chi connectivity index (χ0) is 16.5. The molecular weight excluding hydrogens is 287 g/mol. The Balaban J connectivity index is 1.68. The van der Waals surface area contributed by atoms with Gasteiger partial charge in [0.1, 0.15) is 0 Å². The van der Waals surface area contributed by atoms with Gasteiger partial charge in [-0.2, -0.15) is 0 Å². The highest BCUT2D eigenvalue weighted by molar-refractivity contribution is 6.67. The fraction of sp³-hybridized carbons (Fsp3) is 0.478. The van der Waals surface area contributed by atoms with E-state index in [-0.39, 0.29) is 0 Å². The molecule has 0 saturated heterocycles. The van der Waals surface area contributed by atoms with Crippen molar-refractivity contribution in [2.75, 3.05) is 0 Å². The molecule has 2 aromatic carbocycles. The van der Waals surface area contributed by atoms with Crippen molar-refractivity contribution >= 4 is 18.2 Å². The summed E-state index contributed by atoms with van der Waals surface area (Å²) in [6, 6.07) is 19.9. The molecular formula is C23H30B. The summed E-state index contributed by atoms with van der Waals surface area (Å²) in [7, 11) is 2.30. The summed E-state index contributed by atoms with van der Waals surface area (Å²) < 4.78 is 0. The summed E-state index contributed by atoms with van der Waals surface area (Å²) in [6.07, 6.45) is 14.2. The topological polar surface area (TPSA) is 0 Å². The second kappa shape index (κ2) is 9.72. The van der Waals surface area contributed by atoms with E-state index in [4.69, 9.17) is 0 Å². The molecule has 2 aromatic rings. The summed E-state index contributed by atoms with van der Waals surface area (Å²) in [5, 5.41) is 0. The molecule has 0 bridgehead atoms. The van der Waals surface area contributed by atoms with E-state index in [9.17, 15) is 0 Å². The molecule has 1 saturated carbocycles. The second-order valence-corrected chi connectivity index (χ2v) is 7.33. The van der Waals surface area contributed by atoms with E-state index in [0.29, 0.717) is 0 Å². The van der Waals surface area contributed by atoms with Crippen LogP contribution in [0, 0.1) is 0 Å². The minimum atomic E-state index is 0.757. The third kappa shape index (κ3) is 5.55. The van der Waals surface area contributed by atoms with Crippen molar-refractivity contribution in [2.45, 2.75) is 70.1 Å². The molecule has 0 N–H and O–H groups in total. The lowest BCUT2D eigenvalue weighted by atomic mass is 9.63. The smallest absolute Gasteiger partial charge is 0.0814 e. The molecule has 1 heteroatoms. The molecule has 0 spiro atoms. The normalized spacial score (nSPS) is 17.8. The van der Waals surface area contributed by atoms with Crippen LogP contribution in [0.2, 0.25) is 0 Å². The SMILES string of the molecule is [B](c1ccccc1)c1cccc(C2CCCCCCCCCC2)c1. The molecule has 0 aliphatic heterocycles. The summed E-state index contributed by atoms with van der Waals surface area (Å²) in [5.41, 5.74) is 4.18. The predicted octanol–water partition coefficient (Wildman–Crippen LogP) is 5.34. The first-order chi connectivity index (χ1) is 11.9. The quantitative estimate of drug-likeness (QED) is 0.670. The highest BCUT2D eigenvalue weighted by Crippen LogP contribution is 2.29. The average Bonchev–Trinajstić information content (AvgIpc) is 2.68. The Hall–Kier alpha value is -1.50. The highest BCUT2D eigenvalue weighted by Gasteiger charge is 2.13. The van der Waals surface area contributed by atoms with Crippen LogP contribution in [0.1, 0.15) is 75.7 Å². The maximum Gasteiger partial charge on any atom is 0.191 e. The van der Waals surface area contributed by atoms with Crippen LogP contribution in [0.5, 0.6) is 0 Å². The summed E-state index contributed by atoms with van der Waals surface area (Å²) in [6.45, 7) is 0. The van der Waals surface area contributed by atoms with Crippen LogP contribution in [0.25, 0.3) is 0 Å². The number of hydrogen-bond donors (Lipinski definition) is 0. The van der Waals surface area contributed by atoms with E-state index >= 15 is 0 Å². The van der Waals surface area contributed by atoms with Crippen LogP contribution >= 0.6 is 0 Å². The maximum absolute atomic E-state index is 2.43. The highest BCUT2D eigenvalue weighted by atomic mass is 14.2. The van der Waals surface area contributed by atoms with Gasteiger partial charge in [0.2, 0.25) is 0 Å². The molecule has 1 aliphatic rings. The van der Waals surface area contributed by atoms with E-state index in [1.54, 1.807) is 5.56 Å². The molecule has 3 rings (SSSR count). The summed E-state index contributed by atoms with van der Waals surface area (Å²) >= 11 is 0. The van der Waals surface area contributed by atoms with Gasteiger partial charge in [-0.25, -0.2) is 0 Å². The molecule has 0 amide bonds. The lowest BCUT2D eigenvalue weighted by Gasteiger charge is -2.18. The molecule has 0 nitrogen and oxygen atoms in total. The number of rotatable bonds is 3. The third-order valence-electron chi connectivity index (χ3n) is 5.37. The van der Waals surface area contributed by atoms with Gasteiger partial charge in [-0.05, 0) is 24.3 Å². The molecule has 0 heterocycles. The van der Waals surface area contributed by atoms with Gasteiger partial charge in [-0.1, -0.05) is 117 Å². The maximum atomic E-state index is 2.43.